The first kappa shape index (κ1) is 16.8. The van der Waals surface area contributed by atoms with Gasteiger partial charge in [0.05, 0.1) is 11.7 Å². The van der Waals surface area contributed by atoms with Gasteiger partial charge in [-0.1, -0.05) is 0 Å². The van der Waals surface area contributed by atoms with Gasteiger partial charge in [-0.15, -0.1) is 11.3 Å². The van der Waals surface area contributed by atoms with Crippen molar-refractivity contribution >= 4 is 28.3 Å². The van der Waals surface area contributed by atoms with Gasteiger partial charge >= 0.3 is 0 Å². The Morgan fingerprint density at radius 2 is 1.88 bits per heavy atom. The molecule has 3 rings (SSSR count). The predicted octanol–water partition coefficient (Wildman–Crippen LogP) is 1.70. The SMILES string of the molecule is Cc1nc(NC(=O)C(C)N2CCN(c3ncccn3)CC2)sc1C. The Morgan fingerprint density at radius 3 is 2.46 bits per heavy atom. The summed E-state index contributed by atoms with van der Waals surface area (Å²) in [5, 5.41) is 3.61. The van der Waals surface area contributed by atoms with Crippen LogP contribution in [0.1, 0.15) is 17.5 Å². The van der Waals surface area contributed by atoms with Crippen molar-refractivity contribution in [3.05, 3.63) is 29.0 Å². The van der Waals surface area contributed by atoms with Crippen LogP contribution in [0.5, 0.6) is 0 Å². The van der Waals surface area contributed by atoms with Crippen LogP contribution in [0.4, 0.5) is 11.1 Å². The molecule has 24 heavy (non-hydrogen) atoms. The van der Waals surface area contributed by atoms with Gasteiger partial charge in [0, 0.05) is 43.4 Å². The molecule has 3 heterocycles. The summed E-state index contributed by atoms with van der Waals surface area (Å²) in [7, 11) is 0. The summed E-state index contributed by atoms with van der Waals surface area (Å²) in [6.07, 6.45) is 3.51. The van der Waals surface area contributed by atoms with E-state index in [1.54, 1.807) is 12.4 Å². The van der Waals surface area contributed by atoms with Crippen molar-refractivity contribution in [2.45, 2.75) is 26.8 Å². The minimum absolute atomic E-state index is 0.00633. The third-order valence-corrected chi connectivity index (χ3v) is 5.32. The number of piperazine rings is 1. The minimum atomic E-state index is -0.187. The maximum absolute atomic E-state index is 12.5. The number of hydrogen-bond acceptors (Lipinski definition) is 7. The van der Waals surface area contributed by atoms with E-state index in [4.69, 9.17) is 0 Å². The first-order valence-corrected chi connectivity index (χ1v) is 8.87. The zero-order valence-electron chi connectivity index (χ0n) is 14.2. The first-order chi connectivity index (χ1) is 11.5. The highest BCUT2D eigenvalue weighted by Gasteiger charge is 2.26. The normalized spacial score (nSPS) is 16.9. The molecule has 0 aromatic carbocycles. The van der Waals surface area contributed by atoms with Crippen molar-refractivity contribution in [3.63, 3.8) is 0 Å². The number of aryl methyl sites for hydroxylation is 2. The first-order valence-electron chi connectivity index (χ1n) is 8.05. The third kappa shape index (κ3) is 3.70. The predicted molar refractivity (Wildman–Crippen MR) is 95.5 cm³/mol. The molecule has 1 saturated heterocycles. The molecule has 2 aromatic rings. The molecule has 0 aliphatic carbocycles. The molecule has 1 N–H and O–H groups in total. The Labute approximate surface area is 145 Å². The van der Waals surface area contributed by atoms with Crippen LogP contribution in [0.2, 0.25) is 0 Å². The van der Waals surface area contributed by atoms with E-state index in [1.807, 2.05) is 26.8 Å². The van der Waals surface area contributed by atoms with E-state index in [0.29, 0.717) is 5.13 Å². The van der Waals surface area contributed by atoms with Gasteiger partial charge in [0.25, 0.3) is 0 Å². The molecule has 1 amide bonds. The summed E-state index contributed by atoms with van der Waals surface area (Å²) < 4.78 is 0. The van der Waals surface area contributed by atoms with E-state index in [9.17, 15) is 4.79 Å². The van der Waals surface area contributed by atoms with E-state index in [0.717, 1.165) is 42.7 Å². The molecular weight excluding hydrogens is 324 g/mol. The van der Waals surface area contributed by atoms with Gasteiger partial charge in [-0.3, -0.25) is 9.69 Å². The van der Waals surface area contributed by atoms with Crippen LogP contribution in [0.3, 0.4) is 0 Å². The lowest BCUT2D eigenvalue weighted by atomic mass is 10.2. The monoisotopic (exact) mass is 346 g/mol. The fourth-order valence-electron chi connectivity index (χ4n) is 2.67. The van der Waals surface area contributed by atoms with Crippen LogP contribution in [0, 0.1) is 13.8 Å². The number of thiazole rings is 1. The number of aromatic nitrogens is 3. The van der Waals surface area contributed by atoms with E-state index < -0.39 is 0 Å². The summed E-state index contributed by atoms with van der Waals surface area (Å²) in [6, 6.07) is 1.63. The zero-order valence-corrected chi connectivity index (χ0v) is 15.0. The Morgan fingerprint density at radius 1 is 1.21 bits per heavy atom. The summed E-state index contributed by atoms with van der Waals surface area (Å²) in [6.45, 7) is 9.16. The van der Waals surface area contributed by atoms with Crippen molar-refractivity contribution in [2.75, 3.05) is 36.4 Å². The molecule has 1 unspecified atom stereocenters. The lowest BCUT2D eigenvalue weighted by molar-refractivity contribution is -0.120. The fourth-order valence-corrected chi connectivity index (χ4v) is 3.48. The van der Waals surface area contributed by atoms with Crippen molar-refractivity contribution in [1.82, 2.24) is 19.9 Å². The second-order valence-electron chi connectivity index (χ2n) is 5.90. The molecule has 7 nitrogen and oxygen atoms in total. The van der Waals surface area contributed by atoms with E-state index >= 15 is 0 Å². The standard InChI is InChI=1S/C16H22N6OS/c1-11-13(3)24-16(19-11)20-14(23)12(2)21-7-9-22(10-8-21)15-17-5-4-6-18-15/h4-6,12H,7-10H2,1-3H3,(H,19,20,23). The molecular formula is C16H22N6OS. The van der Waals surface area contributed by atoms with Gasteiger partial charge in [0.1, 0.15) is 0 Å². The molecule has 0 saturated carbocycles. The maximum atomic E-state index is 12.5. The van der Waals surface area contributed by atoms with Crippen LogP contribution >= 0.6 is 11.3 Å². The number of nitrogens with zero attached hydrogens (tertiary/aromatic N) is 5. The average Bonchev–Trinajstić information content (AvgIpc) is 2.92. The van der Waals surface area contributed by atoms with Gasteiger partial charge in [-0.25, -0.2) is 15.0 Å². The lowest BCUT2D eigenvalue weighted by Crippen LogP contribution is -2.53. The molecule has 8 heteroatoms. The number of rotatable bonds is 4. The maximum Gasteiger partial charge on any atom is 0.243 e. The molecule has 0 spiro atoms. The van der Waals surface area contributed by atoms with Crippen molar-refractivity contribution < 1.29 is 4.79 Å². The Bertz CT molecular complexity index is 676. The quantitative estimate of drug-likeness (QED) is 0.908. The smallest absolute Gasteiger partial charge is 0.243 e. The molecule has 1 fully saturated rings. The van der Waals surface area contributed by atoms with E-state index in [-0.39, 0.29) is 11.9 Å². The number of carbonyl (C=O) groups excluding carboxylic acids is 1. The molecule has 0 bridgehead atoms. The van der Waals surface area contributed by atoms with E-state index in [1.165, 1.54) is 11.3 Å². The van der Waals surface area contributed by atoms with E-state index in [2.05, 4.69) is 30.1 Å². The van der Waals surface area contributed by atoms with Crippen LogP contribution in [0.15, 0.2) is 18.5 Å². The summed E-state index contributed by atoms with van der Waals surface area (Å²) in [4.78, 5) is 30.9. The van der Waals surface area contributed by atoms with Crippen LogP contribution < -0.4 is 10.2 Å². The molecule has 1 atom stereocenters. The third-order valence-electron chi connectivity index (χ3n) is 4.34. The minimum Gasteiger partial charge on any atom is -0.338 e. The topological polar surface area (TPSA) is 74.2 Å². The average molecular weight is 346 g/mol. The number of carbonyl (C=O) groups is 1. The Hall–Kier alpha value is -2.06. The highest BCUT2D eigenvalue weighted by molar-refractivity contribution is 7.15. The molecule has 128 valence electrons. The van der Waals surface area contributed by atoms with Crippen molar-refractivity contribution in [3.8, 4) is 0 Å². The Balaban J connectivity index is 1.54. The van der Waals surface area contributed by atoms with Gasteiger partial charge in [-0.05, 0) is 26.8 Å². The lowest BCUT2D eigenvalue weighted by Gasteiger charge is -2.37. The molecule has 1 aliphatic rings. The molecule has 1 aliphatic heterocycles. The van der Waals surface area contributed by atoms with Crippen molar-refractivity contribution in [2.24, 2.45) is 0 Å². The summed E-state index contributed by atoms with van der Waals surface area (Å²) >= 11 is 1.52. The number of hydrogen-bond donors (Lipinski definition) is 1. The Kier molecular flexibility index (Phi) is 5.06. The molecule has 2 aromatic heterocycles. The number of nitrogens with one attached hydrogen (secondary N) is 1. The molecule has 0 radical (unpaired) electrons. The van der Waals surface area contributed by atoms with Gasteiger partial charge in [0.2, 0.25) is 11.9 Å². The van der Waals surface area contributed by atoms with Gasteiger partial charge in [0.15, 0.2) is 5.13 Å². The largest absolute Gasteiger partial charge is 0.338 e. The highest BCUT2D eigenvalue weighted by atomic mass is 32.1. The summed E-state index contributed by atoms with van der Waals surface area (Å²) in [5.74, 6) is 0.746. The van der Waals surface area contributed by atoms with Crippen molar-refractivity contribution in [1.29, 1.82) is 0 Å². The van der Waals surface area contributed by atoms with Crippen LogP contribution in [0.25, 0.3) is 0 Å². The second-order valence-corrected chi connectivity index (χ2v) is 7.10. The van der Waals surface area contributed by atoms with Gasteiger partial charge < -0.3 is 10.2 Å². The van der Waals surface area contributed by atoms with Crippen LogP contribution in [-0.4, -0.2) is 58.0 Å². The number of anilines is 2. The van der Waals surface area contributed by atoms with Crippen LogP contribution in [-0.2, 0) is 4.79 Å². The second kappa shape index (κ2) is 7.23. The highest BCUT2D eigenvalue weighted by Crippen LogP contribution is 2.21. The zero-order chi connectivity index (χ0) is 17.1. The van der Waals surface area contributed by atoms with Gasteiger partial charge in [-0.2, -0.15) is 0 Å². The fraction of sp³-hybridized carbons (Fsp3) is 0.500. The summed E-state index contributed by atoms with van der Waals surface area (Å²) in [5.41, 5.74) is 0.972. The number of amides is 1.